The van der Waals surface area contributed by atoms with Crippen molar-refractivity contribution in [2.75, 3.05) is 6.61 Å². The molecular formula is C13H20N2O. The predicted octanol–water partition coefficient (Wildman–Crippen LogP) is 2.88. The highest BCUT2D eigenvalue weighted by atomic mass is 16.5. The van der Waals surface area contributed by atoms with Gasteiger partial charge in [-0.25, -0.2) is 4.98 Å². The number of hydrogen-bond acceptors (Lipinski definition) is 2. The van der Waals surface area contributed by atoms with E-state index in [9.17, 15) is 0 Å². The molecule has 0 amide bonds. The Morgan fingerprint density at radius 3 is 3.00 bits per heavy atom. The van der Waals surface area contributed by atoms with Crippen LogP contribution < -0.4 is 0 Å². The second-order valence-corrected chi connectivity index (χ2v) is 5.43. The second-order valence-electron chi connectivity index (χ2n) is 5.43. The minimum atomic E-state index is -0.156. The van der Waals surface area contributed by atoms with Gasteiger partial charge < -0.3 is 9.72 Å². The van der Waals surface area contributed by atoms with Gasteiger partial charge in [0, 0.05) is 18.2 Å². The molecule has 3 nitrogen and oxygen atoms in total. The van der Waals surface area contributed by atoms with Crippen molar-refractivity contribution >= 4 is 0 Å². The van der Waals surface area contributed by atoms with Gasteiger partial charge in [0.05, 0.1) is 5.69 Å². The molecule has 16 heavy (non-hydrogen) atoms. The average molecular weight is 220 g/mol. The summed E-state index contributed by atoms with van der Waals surface area (Å²) in [6.45, 7) is 5.31. The highest BCUT2D eigenvalue weighted by Crippen LogP contribution is 2.37. The fourth-order valence-electron chi connectivity index (χ4n) is 2.96. The Bertz CT molecular complexity index is 391. The number of rotatable bonds is 1. The van der Waals surface area contributed by atoms with Crippen molar-refractivity contribution in [3.8, 4) is 0 Å². The van der Waals surface area contributed by atoms with E-state index in [-0.39, 0.29) is 5.60 Å². The average Bonchev–Trinajstić information content (AvgIpc) is 2.85. The summed E-state index contributed by atoms with van der Waals surface area (Å²) in [5.41, 5.74) is 2.49. The Morgan fingerprint density at radius 1 is 1.44 bits per heavy atom. The molecular weight excluding hydrogens is 200 g/mol. The summed E-state index contributed by atoms with van der Waals surface area (Å²) in [5, 5.41) is 0. The third-order valence-electron chi connectivity index (χ3n) is 4.06. The predicted molar refractivity (Wildman–Crippen MR) is 62.5 cm³/mol. The van der Waals surface area contributed by atoms with E-state index < -0.39 is 0 Å². The number of aromatic nitrogens is 2. The second kappa shape index (κ2) is 3.59. The first-order chi connectivity index (χ1) is 7.69. The highest BCUT2D eigenvalue weighted by molar-refractivity contribution is 5.24. The van der Waals surface area contributed by atoms with E-state index in [1.54, 1.807) is 0 Å². The molecule has 2 atom stereocenters. The number of hydrogen-bond donors (Lipinski definition) is 1. The first-order valence-electron chi connectivity index (χ1n) is 6.42. The Balaban J connectivity index is 1.97. The van der Waals surface area contributed by atoms with Crippen LogP contribution in [0.2, 0.25) is 0 Å². The van der Waals surface area contributed by atoms with Crippen LogP contribution in [0.15, 0.2) is 0 Å². The first-order valence-corrected chi connectivity index (χ1v) is 6.42. The molecule has 3 heteroatoms. The molecule has 1 saturated heterocycles. The molecule has 2 unspecified atom stereocenters. The summed E-state index contributed by atoms with van der Waals surface area (Å²) >= 11 is 0. The molecule has 0 aromatic carbocycles. The number of imidazole rings is 1. The molecule has 88 valence electrons. The SMILES string of the molecule is CC1CCCc2[nH]c(C3(C)CCCO3)nc21. The third kappa shape index (κ3) is 1.49. The van der Waals surface area contributed by atoms with Crippen molar-refractivity contribution in [2.45, 2.75) is 57.5 Å². The molecule has 0 saturated carbocycles. The van der Waals surface area contributed by atoms with Gasteiger partial charge in [0.15, 0.2) is 0 Å². The largest absolute Gasteiger partial charge is 0.367 e. The van der Waals surface area contributed by atoms with Crippen molar-refractivity contribution in [3.63, 3.8) is 0 Å². The van der Waals surface area contributed by atoms with Crippen molar-refractivity contribution < 1.29 is 4.74 Å². The van der Waals surface area contributed by atoms with Crippen LogP contribution in [0.25, 0.3) is 0 Å². The highest BCUT2D eigenvalue weighted by Gasteiger charge is 2.36. The Labute approximate surface area is 96.6 Å². The van der Waals surface area contributed by atoms with Gasteiger partial charge in [0.2, 0.25) is 0 Å². The van der Waals surface area contributed by atoms with Crippen LogP contribution in [0.1, 0.15) is 62.7 Å². The number of nitrogens with one attached hydrogen (secondary N) is 1. The molecule has 2 aliphatic rings. The number of nitrogens with zero attached hydrogens (tertiary/aromatic N) is 1. The monoisotopic (exact) mass is 220 g/mol. The lowest BCUT2D eigenvalue weighted by Gasteiger charge is -2.19. The van der Waals surface area contributed by atoms with Crippen molar-refractivity contribution in [1.29, 1.82) is 0 Å². The molecule has 1 N–H and O–H groups in total. The Morgan fingerprint density at radius 2 is 2.31 bits per heavy atom. The summed E-state index contributed by atoms with van der Waals surface area (Å²) in [6, 6.07) is 0. The van der Waals surface area contributed by atoms with Crippen LogP contribution in [-0.2, 0) is 16.8 Å². The van der Waals surface area contributed by atoms with E-state index in [4.69, 9.17) is 9.72 Å². The maximum atomic E-state index is 5.85. The van der Waals surface area contributed by atoms with Crippen LogP contribution in [0.5, 0.6) is 0 Å². The van der Waals surface area contributed by atoms with Gasteiger partial charge in [-0.05, 0) is 39.0 Å². The van der Waals surface area contributed by atoms with Gasteiger partial charge in [-0.2, -0.15) is 0 Å². The zero-order chi connectivity index (χ0) is 11.2. The van der Waals surface area contributed by atoms with Gasteiger partial charge >= 0.3 is 0 Å². The summed E-state index contributed by atoms with van der Waals surface area (Å²) in [7, 11) is 0. The normalized spacial score (nSPS) is 34.0. The first kappa shape index (κ1) is 10.3. The fourth-order valence-corrected chi connectivity index (χ4v) is 2.96. The fraction of sp³-hybridized carbons (Fsp3) is 0.769. The van der Waals surface area contributed by atoms with Gasteiger partial charge in [-0.3, -0.25) is 0 Å². The molecule has 1 aliphatic carbocycles. The van der Waals surface area contributed by atoms with Crippen LogP contribution in [0, 0.1) is 0 Å². The number of aryl methyl sites for hydroxylation is 1. The third-order valence-corrected chi connectivity index (χ3v) is 4.06. The molecule has 3 rings (SSSR count). The zero-order valence-corrected chi connectivity index (χ0v) is 10.2. The van der Waals surface area contributed by atoms with E-state index in [1.165, 1.54) is 24.2 Å². The lowest BCUT2D eigenvalue weighted by Crippen LogP contribution is -2.21. The maximum absolute atomic E-state index is 5.85. The molecule has 1 aromatic rings. The van der Waals surface area contributed by atoms with Gasteiger partial charge in [-0.15, -0.1) is 0 Å². The van der Waals surface area contributed by atoms with Crippen LogP contribution in [-0.4, -0.2) is 16.6 Å². The van der Waals surface area contributed by atoms with Crippen LogP contribution in [0.3, 0.4) is 0 Å². The molecule has 1 aliphatic heterocycles. The van der Waals surface area contributed by atoms with E-state index >= 15 is 0 Å². The zero-order valence-electron chi connectivity index (χ0n) is 10.2. The number of fused-ring (bicyclic) bond motifs is 1. The molecule has 0 bridgehead atoms. The Kier molecular flexibility index (Phi) is 2.32. The van der Waals surface area contributed by atoms with Gasteiger partial charge in [-0.1, -0.05) is 6.92 Å². The van der Waals surface area contributed by atoms with Crippen molar-refractivity contribution in [3.05, 3.63) is 17.2 Å². The maximum Gasteiger partial charge on any atom is 0.138 e. The lowest BCUT2D eigenvalue weighted by molar-refractivity contribution is 0.00987. The van der Waals surface area contributed by atoms with Crippen molar-refractivity contribution in [2.24, 2.45) is 0 Å². The number of H-pyrrole nitrogens is 1. The smallest absolute Gasteiger partial charge is 0.138 e. The van der Waals surface area contributed by atoms with E-state index in [2.05, 4.69) is 18.8 Å². The standard InChI is InChI=1S/C13H20N2O/c1-9-5-3-6-10-11(9)15-12(14-10)13(2)7-4-8-16-13/h9H,3-8H2,1-2H3,(H,14,15). The van der Waals surface area contributed by atoms with E-state index in [0.29, 0.717) is 5.92 Å². The van der Waals surface area contributed by atoms with E-state index in [1.807, 2.05) is 0 Å². The summed E-state index contributed by atoms with van der Waals surface area (Å²) in [6.07, 6.45) is 5.95. The molecule has 1 aromatic heterocycles. The van der Waals surface area contributed by atoms with Gasteiger partial charge in [0.25, 0.3) is 0 Å². The number of ether oxygens (including phenoxy) is 1. The van der Waals surface area contributed by atoms with Crippen molar-refractivity contribution in [1.82, 2.24) is 9.97 Å². The molecule has 1 fully saturated rings. The molecule has 0 radical (unpaired) electrons. The molecule has 0 spiro atoms. The topological polar surface area (TPSA) is 37.9 Å². The quantitative estimate of drug-likeness (QED) is 0.790. The molecule has 2 heterocycles. The minimum Gasteiger partial charge on any atom is -0.367 e. The number of aromatic amines is 1. The lowest BCUT2D eigenvalue weighted by atomic mass is 9.92. The minimum absolute atomic E-state index is 0.156. The van der Waals surface area contributed by atoms with Gasteiger partial charge in [0.1, 0.15) is 11.4 Å². The van der Waals surface area contributed by atoms with Crippen LogP contribution >= 0.6 is 0 Å². The van der Waals surface area contributed by atoms with Crippen LogP contribution in [0.4, 0.5) is 0 Å². The Hall–Kier alpha value is -0.830. The van der Waals surface area contributed by atoms with E-state index in [0.717, 1.165) is 31.7 Å². The summed E-state index contributed by atoms with van der Waals surface area (Å²) in [4.78, 5) is 8.32. The summed E-state index contributed by atoms with van der Waals surface area (Å²) < 4.78 is 5.85. The summed E-state index contributed by atoms with van der Waals surface area (Å²) in [5.74, 6) is 1.67.